The van der Waals surface area contributed by atoms with Crippen molar-refractivity contribution in [2.45, 2.75) is 44.8 Å². The van der Waals surface area contributed by atoms with E-state index in [0.717, 1.165) is 32.7 Å². The summed E-state index contributed by atoms with van der Waals surface area (Å²) >= 11 is 0. The molecule has 0 bridgehead atoms. The molecular weight excluding hydrogens is 228 g/mol. The topological polar surface area (TPSA) is 33.7 Å². The Morgan fingerprint density at radius 3 is 2.83 bits per heavy atom. The molecule has 0 aromatic heterocycles. The highest BCUT2D eigenvalue weighted by Gasteiger charge is 2.32. The first-order chi connectivity index (χ1) is 8.61. The average Bonchev–Trinajstić information content (AvgIpc) is 2.38. The predicted octanol–water partition coefficient (Wildman–Crippen LogP) is 1.50. The van der Waals surface area contributed by atoms with Crippen LogP contribution in [0.15, 0.2) is 0 Å². The predicted molar refractivity (Wildman–Crippen MR) is 75.0 cm³/mol. The average molecular weight is 258 g/mol. The molecular formula is C14H30N2O2. The van der Waals surface area contributed by atoms with Crippen molar-refractivity contribution in [2.75, 3.05) is 47.0 Å². The first-order valence-corrected chi connectivity index (χ1v) is 7.10. The molecule has 0 aromatic carbocycles. The highest BCUT2D eigenvalue weighted by atomic mass is 16.5. The van der Waals surface area contributed by atoms with Gasteiger partial charge in [0.25, 0.3) is 0 Å². The molecule has 1 aliphatic heterocycles. The molecule has 1 rings (SSSR count). The molecule has 2 unspecified atom stereocenters. The van der Waals surface area contributed by atoms with Gasteiger partial charge in [-0.3, -0.25) is 4.90 Å². The van der Waals surface area contributed by atoms with Crippen molar-refractivity contribution in [1.82, 2.24) is 10.2 Å². The fourth-order valence-electron chi connectivity index (χ4n) is 2.57. The first-order valence-electron chi connectivity index (χ1n) is 7.10. The van der Waals surface area contributed by atoms with E-state index in [1.165, 1.54) is 19.4 Å². The standard InChI is InChI=1S/C14H30N2O2/c1-13(11-15-8-6-10-17-3)16-9-5-7-14(2,12-16)18-4/h13,15H,5-12H2,1-4H3. The third-order valence-electron chi connectivity index (χ3n) is 3.95. The van der Waals surface area contributed by atoms with Crippen molar-refractivity contribution in [3.05, 3.63) is 0 Å². The minimum Gasteiger partial charge on any atom is -0.385 e. The van der Waals surface area contributed by atoms with Crippen LogP contribution in [0.2, 0.25) is 0 Å². The van der Waals surface area contributed by atoms with Crippen LogP contribution in [0.1, 0.15) is 33.1 Å². The summed E-state index contributed by atoms with van der Waals surface area (Å²) in [6, 6.07) is 0.572. The number of methoxy groups -OCH3 is 2. The van der Waals surface area contributed by atoms with E-state index in [1.807, 2.05) is 7.11 Å². The maximum Gasteiger partial charge on any atom is 0.0777 e. The fraction of sp³-hybridized carbons (Fsp3) is 1.00. The van der Waals surface area contributed by atoms with Crippen molar-refractivity contribution in [3.8, 4) is 0 Å². The molecule has 4 nitrogen and oxygen atoms in total. The Kier molecular flexibility index (Phi) is 7.15. The maximum absolute atomic E-state index is 5.64. The third-order valence-corrected chi connectivity index (χ3v) is 3.95. The van der Waals surface area contributed by atoms with Gasteiger partial charge in [0.2, 0.25) is 0 Å². The largest absolute Gasteiger partial charge is 0.385 e. The number of hydrogen-bond donors (Lipinski definition) is 1. The Labute approximate surface area is 112 Å². The second kappa shape index (κ2) is 8.10. The highest BCUT2D eigenvalue weighted by molar-refractivity contribution is 4.87. The normalized spacial score (nSPS) is 27.3. The summed E-state index contributed by atoms with van der Waals surface area (Å²) < 4.78 is 10.7. The Balaban J connectivity index is 2.22. The number of nitrogens with zero attached hydrogens (tertiary/aromatic N) is 1. The first kappa shape index (κ1) is 15.9. The molecule has 1 N–H and O–H groups in total. The molecule has 0 spiro atoms. The maximum atomic E-state index is 5.64. The fourth-order valence-corrected chi connectivity index (χ4v) is 2.57. The molecule has 4 heteroatoms. The summed E-state index contributed by atoms with van der Waals surface area (Å²) in [5.74, 6) is 0. The van der Waals surface area contributed by atoms with Crippen molar-refractivity contribution < 1.29 is 9.47 Å². The summed E-state index contributed by atoms with van der Waals surface area (Å²) in [5.41, 5.74) is 0.0442. The van der Waals surface area contributed by atoms with Gasteiger partial charge in [-0.25, -0.2) is 0 Å². The van der Waals surface area contributed by atoms with Gasteiger partial charge in [-0.2, -0.15) is 0 Å². The minimum atomic E-state index is 0.0442. The van der Waals surface area contributed by atoms with E-state index in [9.17, 15) is 0 Å². The third kappa shape index (κ3) is 5.22. The lowest BCUT2D eigenvalue weighted by atomic mass is 9.94. The van der Waals surface area contributed by atoms with Crippen molar-refractivity contribution >= 4 is 0 Å². The summed E-state index contributed by atoms with van der Waals surface area (Å²) in [5, 5.41) is 3.50. The van der Waals surface area contributed by atoms with Gasteiger partial charge in [0.05, 0.1) is 5.60 Å². The molecule has 1 saturated heterocycles. The van der Waals surface area contributed by atoms with Gasteiger partial charge in [-0.15, -0.1) is 0 Å². The number of piperidine rings is 1. The lowest BCUT2D eigenvalue weighted by Gasteiger charge is -2.42. The van der Waals surface area contributed by atoms with Gasteiger partial charge < -0.3 is 14.8 Å². The van der Waals surface area contributed by atoms with Gasteiger partial charge in [0.1, 0.15) is 0 Å². The van der Waals surface area contributed by atoms with E-state index in [-0.39, 0.29) is 5.60 Å². The van der Waals surface area contributed by atoms with Crippen LogP contribution in [-0.2, 0) is 9.47 Å². The molecule has 0 saturated carbocycles. The summed E-state index contributed by atoms with van der Waals surface area (Å²) in [6.45, 7) is 9.68. The van der Waals surface area contributed by atoms with E-state index in [0.29, 0.717) is 6.04 Å². The zero-order chi connectivity index (χ0) is 13.4. The zero-order valence-electron chi connectivity index (χ0n) is 12.5. The molecule has 18 heavy (non-hydrogen) atoms. The molecule has 0 amide bonds. The van der Waals surface area contributed by atoms with E-state index < -0.39 is 0 Å². The van der Waals surface area contributed by atoms with Crippen LogP contribution < -0.4 is 5.32 Å². The molecule has 0 aliphatic carbocycles. The molecule has 0 radical (unpaired) electrons. The zero-order valence-corrected chi connectivity index (χ0v) is 12.5. The van der Waals surface area contributed by atoms with Crippen LogP contribution in [0.5, 0.6) is 0 Å². The summed E-state index contributed by atoms with van der Waals surface area (Å²) in [7, 11) is 3.58. The molecule has 2 atom stereocenters. The Morgan fingerprint density at radius 1 is 1.39 bits per heavy atom. The monoisotopic (exact) mass is 258 g/mol. The number of nitrogens with one attached hydrogen (secondary N) is 1. The van der Waals surface area contributed by atoms with Crippen molar-refractivity contribution in [3.63, 3.8) is 0 Å². The van der Waals surface area contributed by atoms with Crippen LogP contribution in [0, 0.1) is 0 Å². The minimum absolute atomic E-state index is 0.0442. The SMILES string of the molecule is COCCCNCC(C)N1CCCC(C)(OC)C1. The molecule has 1 aliphatic rings. The lowest BCUT2D eigenvalue weighted by molar-refractivity contribution is -0.0592. The quantitative estimate of drug-likeness (QED) is 0.669. The van der Waals surface area contributed by atoms with E-state index >= 15 is 0 Å². The van der Waals surface area contributed by atoms with Crippen molar-refractivity contribution in [2.24, 2.45) is 0 Å². The number of ether oxygens (including phenoxy) is 2. The van der Waals surface area contributed by atoms with Gasteiger partial charge in [-0.05, 0) is 46.2 Å². The molecule has 1 heterocycles. The molecule has 108 valence electrons. The van der Waals surface area contributed by atoms with E-state index in [2.05, 4.69) is 24.1 Å². The van der Waals surface area contributed by atoms with Crippen molar-refractivity contribution in [1.29, 1.82) is 0 Å². The van der Waals surface area contributed by atoms with Crippen LogP contribution in [0.3, 0.4) is 0 Å². The Hall–Kier alpha value is -0.160. The van der Waals surface area contributed by atoms with Gasteiger partial charge in [0, 0.05) is 40.0 Å². The van der Waals surface area contributed by atoms with E-state index in [4.69, 9.17) is 9.47 Å². The van der Waals surface area contributed by atoms with Crippen LogP contribution >= 0.6 is 0 Å². The second-order valence-corrected chi connectivity index (χ2v) is 5.63. The van der Waals surface area contributed by atoms with Gasteiger partial charge >= 0.3 is 0 Å². The van der Waals surface area contributed by atoms with Crippen LogP contribution in [-0.4, -0.2) is 63.5 Å². The second-order valence-electron chi connectivity index (χ2n) is 5.63. The number of hydrogen-bond acceptors (Lipinski definition) is 4. The molecule has 1 fully saturated rings. The van der Waals surface area contributed by atoms with Gasteiger partial charge in [-0.1, -0.05) is 0 Å². The summed E-state index contributed by atoms with van der Waals surface area (Å²) in [6.07, 6.45) is 3.49. The van der Waals surface area contributed by atoms with Crippen LogP contribution in [0.25, 0.3) is 0 Å². The lowest BCUT2D eigenvalue weighted by Crippen LogP contribution is -2.52. The van der Waals surface area contributed by atoms with Gasteiger partial charge in [0.15, 0.2) is 0 Å². The number of likely N-dealkylation sites (tertiary alicyclic amines) is 1. The molecule has 0 aromatic rings. The number of rotatable bonds is 8. The summed E-state index contributed by atoms with van der Waals surface area (Å²) in [4.78, 5) is 2.54. The Bertz CT molecular complexity index is 226. The van der Waals surface area contributed by atoms with E-state index in [1.54, 1.807) is 7.11 Å². The Morgan fingerprint density at radius 2 is 2.17 bits per heavy atom. The highest BCUT2D eigenvalue weighted by Crippen LogP contribution is 2.24. The smallest absolute Gasteiger partial charge is 0.0777 e. The van der Waals surface area contributed by atoms with Crippen LogP contribution in [0.4, 0.5) is 0 Å².